The normalized spacial score (nSPS) is 15.6. The molecule has 7 heteroatoms. The maximum absolute atomic E-state index is 12.3. The molecule has 0 spiro atoms. The molecular weight excluding hydrogens is 330 g/mol. The van der Waals surface area contributed by atoms with E-state index in [-0.39, 0.29) is 5.33 Å². The highest BCUT2D eigenvalue weighted by Crippen LogP contribution is 2.63. The maximum Gasteiger partial charge on any atom is 0.366 e. The molecule has 4 nitrogen and oxygen atoms in total. The van der Waals surface area contributed by atoms with E-state index in [2.05, 4.69) is 15.9 Å². The van der Waals surface area contributed by atoms with Crippen LogP contribution < -0.4 is 0 Å². The van der Waals surface area contributed by atoms with Crippen molar-refractivity contribution >= 4 is 35.1 Å². The molecule has 1 aromatic rings. The monoisotopic (exact) mass is 342 g/mol. The molecule has 96 valence electrons. The zero-order valence-electron chi connectivity index (χ0n) is 9.39. The fourth-order valence-corrected chi connectivity index (χ4v) is 4.14. The first-order valence-corrected chi connectivity index (χ1v) is 7.73. The lowest BCUT2D eigenvalue weighted by Crippen LogP contribution is -2.29. The second kappa shape index (κ2) is 5.83. The molecule has 1 N–H and O–H groups in total. The molecule has 0 amide bonds. The molecule has 0 saturated heterocycles. The molecule has 17 heavy (non-hydrogen) atoms. The van der Waals surface area contributed by atoms with Crippen molar-refractivity contribution < 1.29 is 18.7 Å². The Hall–Kier alpha value is 0.1000. The molecule has 1 atom stereocenters. The third kappa shape index (κ3) is 2.75. The van der Waals surface area contributed by atoms with Crippen molar-refractivity contribution in [3.05, 3.63) is 34.9 Å². The van der Waals surface area contributed by atoms with Gasteiger partial charge in [0.25, 0.3) is 0 Å². The topological polar surface area (TPSA) is 55.8 Å². The lowest BCUT2D eigenvalue weighted by Gasteiger charge is -2.31. The number of aliphatic hydroxyl groups is 1. The van der Waals surface area contributed by atoms with Gasteiger partial charge in [0, 0.05) is 24.6 Å². The molecule has 0 heterocycles. The molecule has 0 aliphatic heterocycles. The van der Waals surface area contributed by atoms with Crippen LogP contribution in [0.1, 0.15) is 5.56 Å². The van der Waals surface area contributed by atoms with Gasteiger partial charge in [0.2, 0.25) is 5.34 Å². The van der Waals surface area contributed by atoms with E-state index in [0.29, 0.717) is 10.6 Å². The van der Waals surface area contributed by atoms with Crippen molar-refractivity contribution in [2.45, 2.75) is 5.34 Å². The van der Waals surface area contributed by atoms with Crippen LogP contribution in [0.25, 0.3) is 0 Å². The van der Waals surface area contributed by atoms with Gasteiger partial charge in [-0.05, 0) is 17.7 Å². The summed E-state index contributed by atoms with van der Waals surface area (Å²) in [7, 11) is -1.21. The highest BCUT2D eigenvalue weighted by molar-refractivity contribution is 9.09. The number of hydrogen-bond acceptors (Lipinski definition) is 4. The summed E-state index contributed by atoms with van der Waals surface area (Å²) in [4.78, 5) is 0. The molecular formula is C10H13BrClO4P. The van der Waals surface area contributed by atoms with Crippen molar-refractivity contribution in [2.24, 2.45) is 0 Å². The van der Waals surface area contributed by atoms with Crippen molar-refractivity contribution in [2.75, 3.05) is 19.5 Å². The number of alkyl halides is 1. The fourth-order valence-electron chi connectivity index (χ4n) is 1.40. The summed E-state index contributed by atoms with van der Waals surface area (Å²) in [6.07, 6.45) is 0. The molecule has 0 aromatic heterocycles. The fraction of sp³-hybridized carbons (Fsp3) is 0.400. The Labute approximate surface area is 114 Å². The summed E-state index contributed by atoms with van der Waals surface area (Å²) >= 11 is 8.89. The Balaban J connectivity index is 3.29. The molecule has 0 fully saturated rings. The first kappa shape index (κ1) is 15.2. The summed E-state index contributed by atoms with van der Waals surface area (Å²) in [6.45, 7) is 0. The zero-order chi connectivity index (χ0) is 13.1. The van der Waals surface area contributed by atoms with Crippen LogP contribution in [-0.2, 0) is 19.0 Å². The van der Waals surface area contributed by atoms with Gasteiger partial charge in [0.05, 0.1) is 0 Å². The molecule has 1 unspecified atom stereocenters. The first-order valence-electron chi connectivity index (χ1n) is 4.69. The van der Waals surface area contributed by atoms with E-state index in [4.69, 9.17) is 20.6 Å². The van der Waals surface area contributed by atoms with Gasteiger partial charge in [-0.3, -0.25) is 4.57 Å². The lowest BCUT2D eigenvalue weighted by molar-refractivity contribution is 0.0984. The minimum Gasteiger partial charge on any atom is -0.373 e. The quantitative estimate of drug-likeness (QED) is 0.658. The van der Waals surface area contributed by atoms with Gasteiger partial charge in [-0.15, -0.1) is 0 Å². The Morgan fingerprint density at radius 3 is 2.18 bits per heavy atom. The first-order chi connectivity index (χ1) is 7.93. The van der Waals surface area contributed by atoms with Crippen molar-refractivity contribution in [1.82, 2.24) is 0 Å². The number of halogens is 2. The van der Waals surface area contributed by atoms with Crippen LogP contribution in [0.5, 0.6) is 0 Å². The predicted octanol–water partition coefficient (Wildman–Crippen LogP) is 3.37. The lowest BCUT2D eigenvalue weighted by atomic mass is 10.1. The molecule has 0 saturated carbocycles. The molecule has 1 rings (SSSR count). The van der Waals surface area contributed by atoms with Crippen LogP contribution in [0, 0.1) is 0 Å². The third-order valence-corrected chi connectivity index (χ3v) is 6.21. The predicted molar refractivity (Wildman–Crippen MR) is 70.8 cm³/mol. The molecule has 0 bridgehead atoms. The Morgan fingerprint density at radius 1 is 1.35 bits per heavy atom. The van der Waals surface area contributed by atoms with E-state index in [1.54, 1.807) is 24.3 Å². The summed E-state index contributed by atoms with van der Waals surface area (Å²) in [6, 6.07) is 6.35. The van der Waals surface area contributed by atoms with Gasteiger partial charge in [-0.1, -0.05) is 39.7 Å². The van der Waals surface area contributed by atoms with Gasteiger partial charge < -0.3 is 14.2 Å². The van der Waals surface area contributed by atoms with Crippen LogP contribution in [0.2, 0.25) is 5.02 Å². The van der Waals surface area contributed by atoms with Crippen LogP contribution in [-0.4, -0.2) is 24.7 Å². The van der Waals surface area contributed by atoms with E-state index in [9.17, 15) is 9.67 Å². The van der Waals surface area contributed by atoms with E-state index < -0.39 is 12.9 Å². The zero-order valence-corrected chi connectivity index (χ0v) is 12.6. The van der Waals surface area contributed by atoms with Crippen molar-refractivity contribution in [1.29, 1.82) is 0 Å². The standard InChI is InChI=1S/C10H13BrClO4P/c1-15-17(14,16-2)10(13,7-11)8-3-5-9(12)6-4-8/h3-6,13H,7H2,1-2H3. The number of rotatable bonds is 5. The van der Waals surface area contributed by atoms with Gasteiger partial charge in [0.15, 0.2) is 0 Å². The SMILES string of the molecule is COP(=O)(OC)C(O)(CBr)c1ccc(Cl)cc1. The second-order valence-corrected chi connectivity index (χ2v) is 6.78. The summed E-state index contributed by atoms with van der Waals surface area (Å²) < 4.78 is 22.0. The van der Waals surface area contributed by atoms with Gasteiger partial charge in [-0.25, -0.2) is 0 Å². The average molecular weight is 344 g/mol. The van der Waals surface area contributed by atoms with Crippen LogP contribution in [0.4, 0.5) is 0 Å². The van der Waals surface area contributed by atoms with Crippen LogP contribution in [0.15, 0.2) is 24.3 Å². The maximum atomic E-state index is 12.3. The van der Waals surface area contributed by atoms with Crippen molar-refractivity contribution in [3.8, 4) is 0 Å². The Bertz CT molecular complexity index is 417. The summed E-state index contributed by atoms with van der Waals surface area (Å²) in [5.74, 6) is 0. The van der Waals surface area contributed by atoms with Gasteiger partial charge in [0.1, 0.15) is 0 Å². The number of hydrogen-bond donors (Lipinski definition) is 1. The van der Waals surface area contributed by atoms with E-state index in [1.807, 2.05) is 0 Å². The molecule has 0 aliphatic carbocycles. The van der Waals surface area contributed by atoms with Gasteiger partial charge >= 0.3 is 7.60 Å². The van der Waals surface area contributed by atoms with Gasteiger partial charge in [-0.2, -0.15) is 0 Å². The smallest absolute Gasteiger partial charge is 0.366 e. The van der Waals surface area contributed by atoms with E-state index in [1.165, 1.54) is 14.2 Å². The Kier molecular flexibility index (Phi) is 5.20. The van der Waals surface area contributed by atoms with Crippen molar-refractivity contribution in [3.63, 3.8) is 0 Å². The number of benzene rings is 1. The van der Waals surface area contributed by atoms with E-state index in [0.717, 1.165) is 0 Å². The largest absolute Gasteiger partial charge is 0.373 e. The molecule has 0 radical (unpaired) electrons. The second-order valence-electron chi connectivity index (χ2n) is 3.32. The average Bonchev–Trinajstić information content (AvgIpc) is 2.37. The Morgan fingerprint density at radius 2 is 1.82 bits per heavy atom. The highest BCUT2D eigenvalue weighted by atomic mass is 79.9. The summed E-state index contributed by atoms with van der Waals surface area (Å²) in [5, 5.41) is 9.29. The third-order valence-electron chi connectivity index (χ3n) is 2.43. The summed E-state index contributed by atoms with van der Waals surface area (Å²) in [5.41, 5.74) is 0.408. The molecule has 0 aliphatic rings. The van der Waals surface area contributed by atoms with E-state index >= 15 is 0 Å². The highest BCUT2D eigenvalue weighted by Gasteiger charge is 2.49. The van der Waals surface area contributed by atoms with Crippen LogP contribution in [0.3, 0.4) is 0 Å². The van der Waals surface area contributed by atoms with Crippen LogP contribution >= 0.6 is 35.1 Å². The molecule has 1 aromatic carbocycles. The minimum absolute atomic E-state index is 0.0145. The minimum atomic E-state index is -3.67.